The van der Waals surface area contributed by atoms with E-state index in [-0.39, 0.29) is 23.0 Å². The van der Waals surface area contributed by atoms with Gasteiger partial charge in [-0.2, -0.15) is 9.78 Å². The van der Waals surface area contributed by atoms with Crippen LogP contribution in [0, 0.1) is 10.1 Å². The number of anilines is 1. The quantitative estimate of drug-likeness (QED) is 0.465. The van der Waals surface area contributed by atoms with Gasteiger partial charge in [-0.3, -0.25) is 14.9 Å². The summed E-state index contributed by atoms with van der Waals surface area (Å²) < 4.78 is 1.04. The zero-order valence-corrected chi connectivity index (χ0v) is 15.8. The molecular formula is C18H14Cl2N4O4. The molecule has 0 amide bonds. The molecule has 1 heterocycles. The van der Waals surface area contributed by atoms with Gasteiger partial charge in [-0.1, -0.05) is 35.3 Å². The number of aliphatic hydroxyl groups excluding tert-OH is 1. The van der Waals surface area contributed by atoms with Gasteiger partial charge in [0.25, 0.3) is 11.2 Å². The fourth-order valence-corrected chi connectivity index (χ4v) is 2.86. The van der Waals surface area contributed by atoms with Crippen molar-refractivity contribution in [2.75, 3.05) is 11.9 Å². The Balaban J connectivity index is 1.90. The van der Waals surface area contributed by atoms with E-state index in [1.54, 1.807) is 24.3 Å². The number of benzene rings is 2. The Bertz CT molecular complexity index is 1050. The van der Waals surface area contributed by atoms with Gasteiger partial charge in [0.05, 0.1) is 35.1 Å². The Hall–Kier alpha value is -2.94. The largest absolute Gasteiger partial charge is 0.394 e. The molecule has 1 atom stereocenters. The molecule has 3 aromatic rings. The van der Waals surface area contributed by atoms with Crippen LogP contribution in [-0.4, -0.2) is 26.4 Å². The average Bonchev–Trinajstić information content (AvgIpc) is 2.70. The number of halogens is 2. The lowest BCUT2D eigenvalue weighted by Gasteiger charge is -2.19. The maximum absolute atomic E-state index is 12.6. The molecule has 0 aliphatic carbocycles. The van der Waals surface area contributed by atoms with Gasteiger partial charge in [0.15, 0.2) is 0 Å². The second kappa shape index (κ2) is 8.39. The molecule has 2 N–H and O–H groups in total. The molecule has 28 heavy (non-hydrogen) atoms. The highest BCUT2D eigenvalue weighted by Crippen LogP contribution is 2.24. The molecule has 0 bridgehead atoms. The average molecular weight is 421 g/mol. The van der Waals surface area contributed by atoms with Crippen LogP contribution in [0.15, 0.2) is 59.5 Å². The standard InChI is InChI=1S/C18H14Cl2N4O4/c19-12-3-1-11(2-4-12)16(10-25)22-15-9-21-23(18(26)17(15)20)13-5-7-14(8-6-13)24(27)28/h1-9,16,22,25H,10H2. The molecule has 0 aliphatic rings. The maximum atomic E-state index is 12.6. The lowest BCUT2D eigenvalue weighted by atomic mass is 10.1. The summed E-state index contributed by atoms with van der Waals surface area (Å²) in [6.07, 6.45) is 1.35. The van der Waals surface area contributed by atoms with Gasteiger partial charge in [-0.05, 0) is 29.8 Å². The molecule has 0 radical (unpaired) electrons. The Labute approximate surface area is 169 Å². The third kappa shape index (κ3) is 4.14. The van der Waals surface area contributed by atoms with Gasteiger partial charge in [0.2, 0.25) is 0 Å². The van der Waals surface area contributed by atoms with E-state index in [1.165, 1.54) is 30.5 Å². The van der Waals surface area contributed by atoms with Crippen LogP contribution in [0.5, 0.6) is 0 Å². The predicted octanol–water partition coefficient (Wildman–Crippen LogP) is 3.59. The van der Waals surface area contributed by atoms with Crippen LogP contribution in [-0.2, 0) is 0 Å². The van der Waals surface area contributed by atoms with Crippen LogP contribution < -0.4 is 10.9 Å². The van der Waals surface area contributed by atoms with Crippen molar-refractivity contribution >= 4 is 34.6 Å². The van der Waals surface area contributed by atoms with Crippen molar-refractivity contribution in [2.45, 2.75) is 6.04 Å². The predicted molar refractivity (Wildman–Crippen MR) is 106 cm³/mol. The topological polar surface area (TPSA) is 110 Å². The highest BCUT2D eigenvalue weighted by Gasteiger charge is 2.16. The number of rotatable bonds is 6. The first-order valence-electron chi connectivity index (χ1n) is 8.06. The zero-order valence-electron chi connectivity index (χ0n) is 14.3. The van der Waals surface area contributed by atoms with Crippen LogP contribution in [0.3, 0.4) is 0 Å². The van der Waals surface area contributed by atoms with Crippen molar-refractivity contribution in [3.8, 4) is 5.69 Å². The number of nitrogens with zero attached hydrogens (tertiary/aromatic N) is 3. The molecule has 8 nitrogen and oxygen atoms in total. The van der Waals surface area contributed by atoms with Gasteiger partial charge in [-0.15, -0.1) is 0 Å². The molecule has 144 valence electrons. The minimum absolute atomic E-state index is 0.102. The molecule has 1 aromatic heterocycles. The van der Waals surface area contributed by atoms with Crippen molar-refractivity contribution in [3.63, 3.8) is 0 Å². The summed E-state index contributed by atoms with van der Waals surface area (Å²) in [5.74, 6) is 0. The molecule has 10 heteroatoms. The van der Waals surface area contributed by atoms with E-state index < -0.39 is 16.5 Å². The monoisotopic (exact) mass is 420 g/mol. The molecule has 0 aliphatic heterocycles. The first kappa shape index (κ1) is 19.8. The number of nitro groups is 1. The third-order valence-electron chi connectivity index (χ3n) is 4.01. The second-order valence-electron chi connectivity index (χ2n) is 5.79. The summed E-state index contributed by atoms with van der Waals surface area (Å²) in [7, 11) is 0. The highest BCUT2D eigenvalue weighted by molar-refractivity contribution is 6.33. The summed E-state index contributed by atoms with van der Waals surface area (Å²) >= 11 is 12.1. The number of hydrogen-bond acceptors (Lipinski definition) is 6. The van der Waals surface area contributed by atoms with Crippen LogP contribution in [0.4, 0.5) is 11.4 Å². The van der Waals surface area contributed by atoms with Crippen molar-refractivity contribution in [2.24, 2.45) is 0 Å². The van der Waals surface area contributed by atoms with Gasteiger partial charge in [-0.25, -0.2) is 0 Å². The fourth-order valence-electron chi connectivity index (χ4n) is 2.55. The molecule has 2 aromatic carbocycles. The number of aromatic nitrogens is 2. The first-order valence-corrected chi connectivity index (χ1v) is 8.82. The number of nitro benzene ring substituents is 1. The lowest BCUT2D eigenvalue weighted by Crippen LogP contribution is -2.24. The van der Waals surface area contributed by atoms with E-state index in [1.807, 2.05) is 0 Å². The second-order valence-corrected chi connectivity index (χ2v) is 6.61. The van der Waals surface area contributed by atoms with Crippen molar-refractivity contribution in [1.29, 1.82) is 0 Å². The molecule has 3 rings (SSSR count). The van der Waals surface area contributed by atoms with E-state index in [0.717, 1.165) is 10.2 Å². The Morgan fingerprint density at radius 3 is 2.36 bits per heavy atom. The van der Waals surface area contributed by atoms with Gasteiger partial charge in [0, 0.05) is 17.2 Å². The first-order chi connectivity index (χ1) is 13.4. The number of non-ortho nitro benzene ring substituents is 1. The van der Waals surface area contributed by atoms with Crippen LogP contribution >= 0.6 is 23.2 Å². The summed E-state index contributed by atoms with van der Waals surface area (Å²) in [5.41, 5.74) is 0.630. The minimum Gasteiger partial charge on any atom is -0.394 e. The normalized spacial score (nSPS) is 11.8. The van der Waals surface area contributed by atoms with Crippen LogP contribution in [0.2, 0.25) is 10.0 Å². The van der Waals surface area contributed by atoms with Crippen molar-refractivity contribution < 1.29 is 10.0 Å². The minimum atomic E-state index is -0.603. The highest BCUT2D eigenvalue weighted by atomic mass is 35.5. The number of hydrogen-bond donors (Lipinski definition) is 2. The smallest absolute Gasteiger partial charge is 0.292 e. The van der Waals surface area contributed by atoms with Gasteiger partial charge in [0.1, 0.15) is 5.02 Å². The Kier molecular flexibility index (Phi) is 5.93. The SMILES string of the molecule is O=c1c(Cl)c(NC(CO)c2ccc(Cl)cc2)cnn1-c1ccc([N+](=O)[O-])cc1. The van der Waals surface area contributed by atoms with Gasteiger partial charge >= 0.3 is 0 Å². The number of nitrogens with one attached hydrogen (secondary N) is 1. The van der Waals surface area contributed by atoms with E-state index in [0.29, 0.717) is 10.7 Å². The van der Waals surface area contributed by atoms with Crippen LogP contribution in [0.25, 0.3) is 5.69 Å². The van der Waals surface area contributed by atoms with E-state index in [2.05, 4.69) is 10.4 Å². The summed E-state index contributed by atoms with van der Waals surface area (Å²) in [6.45, 7) is -0.247. The molecule has 0 spiro atoms. The van der Waals surface area contributed by atoms with Gasteiger partial charge < -0.3 is 10.4 Å². The Morgan fingerprint density at radius 1 is 1.14 bits per heavy atom. The Morgan fingerprint density at radius 2 is 1.79 bits per heavy atom. The number of aliphatic hydroxyl groups is 1. The van der Waals surface area contributed by atoms with Crippen LogP contribution in [0.1, 0.15) is 11.6 Å². The molecule has 0 saturated heterocycles. The lowest BCUT2D eigenvalue weighted by molar-refractivity contribution is -0.384. The van der Waals surface area contributed by atoms with E-state index in [4.69, 9.17) is 23.2 Å². The van der Waals surface area contributed by atoms with Crippen molar-refractivity contribution in [3.05, 3.63) is 90.8 Å². The molecule has 0 fully saturated rings. The van der Waals surface area contributed by atoms with E-state index >= 15 is 0 Å². The van der Waals surface area contributed by atoms with Crippen molar-refractivity contribution in [1.82, 2.24) is 9.78 Å². The van der Waals surface area contributed by atoms with E-state index in [9.17, 15) is 20.0 Å². The molecule has 0 saturated carbocycles. The molecule has 1 unspecified atom stereocenters. The maximum Gasteiger partial charge on any atom is 0.292 e. The molecular weight excluding hydrogens is 407 g/mol. The summed E-state index contributed by atoms with van der Waals surface area (Å²) in [6, 6.07) is 11.7. The summed E-state index contributed by atoms with van der Waals surface area (Å²) in [5, 5.41) is 27.9. The zero-order chi connectivity index (χ0) is 20.3. The fraction of sp³-hybridized carbons (Fsp3) is 0.111. The summed E-state index contributed by atoms with van der Waals surface area (Å²) in [4.78, 5) is 22.8. The third-order valence-corrected chi connectivity index (χ3v) is 4.63.